The van der Waals surface area contributed by atoms with E-state index in [0.717, 1.165) is 14.5 Å². The molecule has 0 aromatic carbocycles. The third-order valence-corrected chi connectivity index (χ3v) is 0. The quantitative estimate of drug-likeness (QED) is 0.527. The molecular weight excluding hydrogens is 261 g/mol. The van der Waals surface area contributed by atoms with Crippen LogP contribution in [0.4, 0.5) is 0 Å². The maximum absolute atomic E-state index is 5.46. The molecule has 0 aromatic heterocycles. The van der Waals surface area contributed by atoms with Crippen LogP contribution in [0.15, 0.2) is 0 Å². The van der Waals surface area contributed by atoms with Gasteiger partial charge in [0.2, 0.25) is 0 Å². The van der Waals surface area contributed by atoms with Gasteiger partial charge in [-0.1, -0.05) is 0 Å². The van der Waals surface area contributed by atoms with Crippen LogP contribution in [0.5, 0.6) is 0 Å². The molecule has 0 aliphatic carbocycles. The Hall–Kier alpha value is 1.86. The van der Waals surface area contributed by atoms with Gasteiger partial charge >= 0.3 is 48.2 Å². The second-order valence-corrected chi connectivity index (χ2v) is 55.0. The van der Waals surface area contributed by atoms with E-state index in [-0.39, 0.29) is 0 Å². The zero-order valence-corrected chi connectivity index (χ0v) is 11.3. The fourth-order valence-electron chi connectivity index (χ4n) is 0. The van der Waals surface area contributed by atoms with Gasteiger partial charge in [-0.2, -0.15) is 0 Å². The Balaban J connectivity index is 2.32. The summed E-state index contributed by atoms with van der Waals surface area (Å²) in [5, 5.41) is 0. The van der Waals surface area contributed by atoms with Gasteiger partial charge in [-0.25, -0.2) is 0 Å². The fourth-order valence-corrected chi connectivity index (χ4v) is 0. The molecule has 0 rings (SSSR count). The zero-order chi connectivity index (χ0) is 3.58. The van der Waals surface area contributed by atoms with Crippen LogP contribution in [0.3, 0.4) is 0 Å². The van der Waals surface area contributed by atoms with Crippen LogP contribution >= 0.6 is 24.0 Å². The van der Waals surface area contributed by atoms with E-state index >= 15 is 0 Å². The van der Waals surface area contributed by atoms with Gasteiger partial charge in [0.1, 0.15) is 0 Å². The molecule has 0 amide bonds. The molecule has 0 nitrogen and oxygen atoms in total. The summed E-state index contributed by atoms with van der Waals surface area (Å²) in [4.78, 5) is 0. The van der Waals surface area contributed by atoms with E-state index in [9.17, 15) is 0 Å². The first-order valence-corrected chi connectivity index (χ1v) is 24.9. The molecule has 0 saturated heterocycles. The van der Waals surface area contributed by atoms with Gasteiger partial charge < -0.3 is 0 Å². The molecule has 0 radical (unpaired) electrons. The standard InChI is InChI=1S/BrClGe2H4/c1-4(2)3/h4H,3H3. The molecule has 4 heteroatoms. The van der Waals surface area contributed by atoms with E-state index in [1.54, 1.807) is 0 Å². The molecule has 0 heterocycles. The molecule has 0 fully saturated rings. The summed E-state index contributed by atoms with van der Waals surface area (Å²) in [7, 11) is 4.46. The SMILES string of the molecule is [Cl][GeH]([GeH3])[Br]. The molecule has 0 aliphatic rings. The van der Waals surface area contributed by atoms with Crippen LogP contribution in [0.2, 0.25) is 0 Å². The van der Waals surface area contributed by atoms with Crippen LogP contribution in [0.25, 0.3) is 0 Å². The summed E-state index contributed by atoms with van der Waals surface area (Å²) >= 11 is 4.24. The summed E-state index contributed by atoms with van der Waals surface area (Å²) in [5.74, 6) is 0. The molecule has 4 heavy (non-hydrogen) atoms. The van der Waals surface area contributed by atoms with Crippen LogP contribution in [-0.2, 0) is 0 Å². The van der Waals surface area contributed by atoms with E-state index in [1.807, 2.05) is 0 Å². The summed E-state index contributed by atoms with van der Waals surface area (Å²) in [6.07, 6.45) is 0. The van der Waals surface area contributed by atoms with Gasteiger partial charge in [0.05, 0.1) is 0 Å². The first kappa shape index (κ1) is 5.86. The average molecular weight is 265 g/mol. The van der Waals surface area contributed by atoms with E-state index in [1.165, 1.54) is 0 Å². The van der Waals surface area contributed by atoms with Crippen molar-refractivity contribution < 1.29 is 0 Å². The number of halogens is 2. The second-order valence-electron chi connectivity index (χ2n) is 0.519. The van der Waals surface area contributed by atoms with Crippen LogP contribution in [-0.4, -0.2) is 24.2 Å². The Morgan fingerprint density at radius 3 is 2.00 bits per heavy atom. The summed E-state index contributed by atoms with van der Waals surface area (Å²) in [6, 6.07) is 0. The molecule has 0 aromatic rings. The molecule has 0 bridgehead atoms. The van der Waals surface area contributed by atoms with Crippen molar-refractivity contribution in [2.75, 3.05) is 0 Å². The zero-order valence-electron chi connectivity index (χ0n) is 2.33. The molecule has 0 N–H and O–H groups in total. The van der Waals surface area contributed by atoms with Gasteiger partial charge in [0, 0.05) is 0 Å². The number of hydrogen-bond acceptors (Lipinski definition) is 0. The third kappa shape index (κ3) is 9.13. The van der Waals surface area contributed by atoms with Crippen LogP contribution in [0, 0.1) is 0 Å². The number of rotatable bonds is 0. The number of hydrogen-bond donors (Lipinski definition) is 0. The van der Waals surface area contributed by atoms with E-state index < -0.39 is 9.61 Å². The Bertz CT molecular complexity index is 10.8. The average Bonchev–Trinajstić information content (AvgIpc) is 0.811. The fraction of sp³-hybridized carbons (Fsp3) is 0. The van der Waals surface area contributed by atoms with E-state index in [0.29, 0.717) is 0 Å². The van der Waals surface area contributed by atoms with Crippen molar-refractivity contribution in [3.8, 4) is 0 Å². The topological polar surface area (TPSA) is 0 Å². The molecule has 0 aliphatic heterocycles. The van der Waals surface area contributed by atoms with E-state index in [4.69, 9.17) is 10.0 Å². The molecule has 0 saturated carbocycles. The molecule has 1 unspecified atom stereocenters. The minimum atomic E-state index is -1.01. The van der Waals surface area contributed by atoms with Crippen molar-refractivity contribution in [1.82, 2.24) is 0 Å². The minimum absolute atomic E-state index is 0.932. The van der Waals surface area contributed by atoms with Crippen LogP contribution < -0.4 is 0 Å². The Labute approximate surface area is 47.8 Å². The third-order valence-electron chi connectivity index (χ3n) is 0. The van der Waals surface area contributed by atoms with Gasteiger partial charge in [0.25, 0.3) is 0 Å². The van der Waals surface area contributed by atoms with Gasteiger partial charge in [-0.05, 0) is 0 Å². The first-order chi connectivity index (χ1) is 1.73. The molecular formula is H4BrClGe2. The maximum atomic E-state index is 5.46. The summed E-state index contributed by atoms with van der Waals surface area (Å²) < 4.78 is 0. The van der Waals surface area contributed by atoms with Gasteiger partial charge in [-0.15, -0.1) is 0 Å². The molecule has 26 valence electrons. The van der Waals surface area contributed by atoms with Crippen molar-refractivity contribution >= 4 is 48.2 Å². The Morgan fingerprint density at radius 1 is 2.00 bits per heavy atom. The molecule has 1 atom stereocenters. The summed E-state index contributed by atoms with van der Waals surface area (Å²) in [5.41, 5.74) is 0. The Morgan fingerprint density at radius 2 is 2.00 bits per heavy atom. The van der Waals surface area contributed by atoms with Gasteiger partial charge in [-0.3, -0.25) is 0 Å². The molecule has 0 spiro atoms. The van der Waals surface area contributed by atoms with Crippen molar-refractivity contribution in [2.45, 2.75) is 0 Å². The van der Waals surface area contributed by atoms with Crippen molar-refractivity contribution in [3.05, 3.63) is 0 Å². The van der Waals surface area contributed by atoms with Crippen molar-refractivity contribution in [2.24, 2.45) is 0 Å². The Kier molecular flexibility index (Phi) is 4.48. The predicted octanol–water partition coefficient (Wildman–Crippen LogP) is -0.297. The van der Waals surface area contributed by atoms with Crippen molar-refractivity contribution in [1.29, 1.82) is 0 Å². The van der Waals surface area contributed by atoms with Gasteiger partial charge in [0.15, 0.2) is 0 Å². The second kappa shape index (κ2) is 3.06. The normalized spacial score (nSPS) is 16.5. The van der Waals surface area contributed by atoms with E-state index in [2.05, 4.69) is 14.0 Å². The first-order valence-electron chi connectivity index (χ1n) is 1.01. The predicted molar refractivity (Wildman–Crippen MR) is 31.9 cm³/mol. The monoisotopic (exact) mass is 266 g/mol. The van der Waals surface area contributed by atoms with Crippen LogP contribution in [0.1, 0.15) is 0 Å². The summed E-state index contributed by atoms with van der Waals surface area (Å²) in [6.45, 7) is 0. The van der Waals surface area contributed by atoms with Crippen molar-refractivity contribution in [3.63, 3.8) is 0 Å².